The maximum Gasteiger partial charge on any atom is 0.131 e. The van der Waals surface area contributed by atoms with E-state index in [2.05, 4.69) is 55.4 Å². The number of ether oxygens (including phenoxy) is 1. The van der Waals surface area contributed by atoms with Gasteiger partial charge in [-0.15, -0.1) is 0 Å². The van der Waals surface area contributed by atoms with Crippen molar-refractivity contribution in [1.82, 2.24) is 0 Å². The number of phenolic OH excluding ortho intramolecular Hbond substituents is 2. The van der Waals surface area contributed by atoms with Crippen molar-refractivity contribution in [2.24, 2.45) is 0 Å². The molecule has 0 heterocycles. The fraction of sp³-hybridized carbons (Fsp3) is 0.500. The number of hydrogen-bond acceptors (Lipinski definition) is 3. The topological polar surface area (TPSA) is 49.7 Å². The van der Waals surface area contributed by atoms with Crippen LogP contribution in [0.3, 0.4) is 0 Å². The maximum atomic E-state index is 10.4. The van der Waals surface area contributed by atoms with E-state index in [4.69, 9.17) is 4.74 Å². The number of phenols is 2. The summed E-state index contributed by atoms with van der Waals surface area (Å²) in [7, 11) is 0. The second kappa shape index (κ2) is 8.24. The first kappa shape index (κ1) is 21.1. The van der Waals surface area contributed by atoms with Crippen LogP contribution in [0.25, 0.3) is 0 Å². The molecule has 0 bridgehead atoms. The van der Waals surface area contributed by atoms with Crippen LogP contribution in [0.1, 0.15) is 101 Å². The first-order valence-electron chi connectivity index (χ1n) is 9.94. The van der Waals surface area contributed by atoms with E-state index >= 15 is 0 Å². The molecule has 2 aromatic rings. The summed E-state index contributed by atoms with van der Waals surface area (Å²) in [6, 6.07) is 7.57. The van der Waals surface area contributed by atoms with Crippen LogP contribution < -0.4 is 4.74 Å². The van der Waals surface area contributed by atoms with Crippen LogP contribution in [0.4, 0.5) is 0 Å². The average Bonchev–Trinajstić information content (AvgIpc) is 2.56. The highest BCUT2D eigenvalue weighted by Gasteiger charge is 2.20. The third-order valence-electron chi connectivity index (χ3n) is 5.03. The predicted octanol–water partition coefficient (Wildman–Crippen LogP) is 7.38. The Morgan fingerprint density at radius 2 is 0.815 bits per heavy atom. The Hall–Kier alpha value is -2.16. The Morgan fingerprint density at radius 3 is 1.07 bits per heavy atom. The molecular formula is C24H34O3. The molecule has 0 aliphatic heterocycles. The lowest BCUT2D eigenvalue weighted by atomic mass is 9.93. The van der Waals surface area contributed by atoms with Crippen molar-refractivity contribution in [3.05, 3.63) is 46.5 Å². The maximum absolute atomic E-state index is 10.4. The quantitative estimate of drug-likeness (QED) is 0.557. The van der Waals surface area contributed by atoms with Gasteiger partial charge < -0.3 is 14.9 Å². The largest absolute Gasteiger partial charge is 0.508 e. The molecule has 0 saturated heterocycles. The fourth-order valence-corrected chi connectivity index (χ4v) is 3.32. The van der Waals surface area contributed by atoms with Gasteiger partial charge in [-0.2, -0.15) is 0 Å². The van der Waals surface area contributed by atoms with Crippen LogP contribution in [-0.4, -0.2) is 10.2 Å². The standard InChI is InChI=1S/C24H34O3/c1-13(2)17-11-23(19(15(5)6)9-21(17)25)27-24-12-18(14(3)4)22(26)10-20(24)16(7)8/h9-16,25-26H,1-8H3. The van der Waals surface area contributed by atoms with Gasteiger partial charge in [0.2, 0.25) is 0 Å². The van der Waals surface area contributed by atoms with Gasteiger partial charge in [-0.1, -0.05) is 55.4 Å². The molecule has 0 radical (unpaired) electrons. The van der Waals surface area contributed by atoms with Crippen molar-refractivity contribution in [3.8, 4) is 23.0 Å². The lowest BCUT2D eigenvalue weighted by molar-refractivity contribution is 0.437. The van der Waals surface area contributed by atoms with E-state index in [1.165, 1.54) is 0 Å². The summed E-state index contributed by atoms with van der Waals surface area (Å²) in [5.74, 6) is 3.01. The zero-order valence-electron chi connectivity index (χ0n) is 17.9. The van der Waals surface area contributed by atoms with Crippen LogP contribution in [0, 0.1) is 0 Å². The molecule has 0 aromatic heterocycles. The molecule has 2 aromatic carbocycles. The summed E-state index contributed by atoms with van der Waals surface area (Å²) in [6.45, 7) is 16.6. The summed E-state index contributed by atoms with van der Waals surface area (Å²) in [5.41, 5.74) is 3.71. The Balaban J connectivity index is 2.64. The molecule has 0 atom stereocenters. The molecule has 0 amide bonds. The molecule has 2 N–H and O–H groups in total. The van der Waals surface area contributed by atoms with Crippen molar-refractivity contribution in [1.29, 1.82) is 0 Å². The Kier molecular flexibility index (Phi) is 6.46. The summed E-state index contributed by atoms with van der Waals surface area (Å²) < 4.78 is 6.43. The highest BCUT2D eigenvalue weighted by Crippen LogP contribution is 2.42. The van der Waals surface area contributed by atoms with Gasteiger partial charge in [0.15, 0.2) is 0 Å². The fourth-order valence-electron chi connectivity index (χ4n) is 3.32. The van der Waals surface area contributed by atoms with Crippen molar-refractivity contribution in [2.45, 2.75) is 79.1 Å². The highest BCUT2D eigenvalue weighted by atomic mass is 16.5. The molecule has 3 heteroatoms. The first-order valence-corrected chi connectivity index (χ1v) is 9.94. The zero-order valence-corrected chi connectivity index (χ0v) is 17.9. The number of hydrogen-bond donors (Lipinski definition) is 2. The van der Waals surface area contributed by atoms with Gasteiger partial charge in [-0.05, 0) is 47.9 Å². The third-order valence-corrected chi connectivity index (χ3v) is 5.03. The van der Waals surface area contributed by atoms with Crippen LogP contribution in [0.2, 0.25) is 0 Å². The van der Waals surface area contributed by atoms with Crippen molar-refractivity contribution in [3.63, 3.8) is 0 Å². The molecular weight excluding hydrogens is 336 g/mol. The van der Waals surface area contributed by atoms with Crippen LogP contribution >= 0.6 is 0 Å². The lowest BCUT2D eigenvalue weighted by Gasteiger charge is -2.22. The van der Waals surface area contributed by atoms with Gasteiger partial charge in [0.1, 0.15) is 23.0 Å². The van der Waals surface area contributed by atoms with Crippen molar-refractivity contribution >= 4 is 0 Å². The van der Waals surface area contributed by atoms with Gasteiger partial charge in [-0.3, -0.25) is 0 Å². The number of aromatic hydroxyl groups is 2. The molecule has 2 rings (SSSR count). The molecule has 0 aliphatic rings. The van der Waals surface area contributed by atoms with Gasteiger partial charge >= 0.3 is 0 Å². The highest BCUT2D eigenvalue weighted by molar-refractivity contribution is 5.53. The van der Waals surface area contributed by atoms with Crippen LogP contribution in [-0.2, 0) is 0 Å². The van der Waals surface area contributed by atoms with Gasteiger partial charge in [0.05, 0.1) is 0 Å². The van der Waals surface area contributed by atoms with E-state index in [9.17, 15) is 10.2 Å². The molecule has 3 nitrogen and oxygen atoms in total. The summed E-state index contributed by atoms with van der Waals surface area (Å²) in [6.07, 6.45) is 0. The van der Waals surface area contributed by atoms with E-state index in [1.54, 1.807) is 0 Å². The van der Waals surface area contributed by atoms with Crippen molar-refractivity contribution in [2.75, 3.05) is 0 Å². The second-order valence-corrected chi connectivity index (χ2v) is 8.62. The number of benzene rings is 2. The van der Waals surface area contributed by atoms with E-state index in [-0.39, 0.29) is 23.7 Å². The molecule has 0 spiro atoms. The molecule has 0 aliphatic carbocycles. The Morgan fingerprint density at radius 1 is 0.519 bits per heavy atom. The minimum absolute atomic E-state index is 0.198. The average molecular weight is 371 g/mol. The van der Waals surface area contributed by atoms with Gasteiger partial charge in [0, 0.05) is 22.3 Å². The predicted molar refractivity (Wildman–Crippen MR) is 113 cm³/mol. The van der Waals surface area contributed by atoms with Gasteiger partial charge in [0.25, 0.3) is 0 Å². The molecule has 0 fully saturated rings. The van der Waals surface area contributed by atoms with Crippen molar-refractivity contribution < 1.29 is 14.9 Å². The molecule has 148 valence electrons. The molecule has 0 unspecified atom stereocenters. The lowest BCUT2D eigenvalue weighted by Crippen LogP contribution is -2.02. The van der Waals surface area contributed by atoms with Crippen LogP contribution in [0.15, 0.2) is 24.3 Å². The SMILES string of the molecule is CC(C)c1cc(Oc2cc(C(C)C)c(O)cc2C(C)C)c(C(C)C)cc1O. The normalized spacial score (nSPS) is 11.9. The Bertz CT molecular complexity index is 734. The summed E-state index contributed by atoms with van der Waals surface area (Å²) in [5, 5.41) is 20.8. The van der Waals surface area contributed by atoms with E-state index in [1.807, 2.05) is 24.3 Å². The van der Waals surface area contributed by atoms with Crippen LogP contribution in [0.5, 0.6) is 23.0 Å². The minimum Gasteiger partial charge on any atom is -0.508 e. The van der Waals surface area contributed by atoms with Gasteiger partial charge in [-0.25, -0.2) is 0 Å². The van der Waals surface area contributed by atoms with E-state index in [0.29, 0.717) is 11.5 Å². The molecule has 27 heavy (non-hydrogen) atoms. The van der Waals surface area contributed by atoms with E-state index < -0.39 is 0 Å². The van der Waals surface area contributed by atoms with E-state index in [0.717, 1.165) is 33.8 Å². The Labute approximate surface area is 164 Å². The zero-order chi connectivity index (χ0) is 20.5. The third kappa shape index (κ3) is 4.58. The number of rotatable bonds is 6. The smallest absolute Gasteiger partial charge is 0.131 e. The monoisotopic (exact) mass is 370 g/mol. The summed E-state index contributed by atoms with van der Waals surface area (Å²) >= 11 is 0. The second-order valence-electron chi connectivity index (χ2n) is 8.62. The first-order chi connectivity index (χ1) is 12.5. The summed E-state index contributed by atoms with van der Waals surface area (Å²) in [4.78, 5) is 0. The molecule has 0 saturated carbocycles. The minimum atomic E-state index is 0.198.